The predicted octanol–water partition coefficient (Wildman–Crippen LogP) is -3.24. The first kappa shape index (κ1) is 9.88. The Morgan fingerprint density at radius 2 is 2.44 bits per heavy atom. The molecule has 0 aromatic carbocycles. The van der Waals surface area contributed by atoms with Gasteiger partial charge in [-0.2, -0.15) is 0 Å². The Hall–Kier alpha value is 0.880. The van der Waals surface area contributed by atoms with Crippen LogP contribution in [0.25, 0.3) is 5.32 Å². The summed E-state index contributed by atoms with van der Waals surface area (Å²) in [4.78, 5) is 0. The van der Waals surface area contributed by atoms with Gasteiger partial charge in [0.15, 0.2) is 0 Å². The molecule has 1 unspecified atom stereocenters. The molecule has 0 aliphatic carbocycles. The number of hydrogen-bond acceptors (Lipinski definition) is 2. The largest absolute Gasteiger partial charge is 1.00 e. The first-order chi connectivity index (χ1) is 3.93. The molecule has 9 heavy (non-hydrogen) atoms. The van der Waals surface area contributed by atoms with Crippen LogP contribution in [0.1, 0.15) is 0 Å². The summed E-state index contributed by atoms with van der Waals surface area (Å²) in [5, 5.41) is 12.6. The van der Waals surface area contributed by atoms with Crippen molar-refractivity contribution in [2.45, 2.75) is 6.10 Å². The number of aliphatic hydroxyl groups excluding tert-OH is 1. The second-order valence-corrected chi connectivity index (χ2v) is 1.81. The fourth-order valence-electron chi connectivity index (χ4n) is 0.682. The molecule has 1 rings (SSSR count). The van der Waals surface area contributed by atoms with E-state index in [0.29, 0.717) is 13.2 Å². The van der Waals surface area contributed by atoms with Crippen LogP contribution in [0.2, 0.25) is 0 Å². The molecule has 1 heterocycles. The third kappa shape index (κ3) is 3.55. The van der Waals surface area contributed by atoms with Gasteiger partial charge in [0.1, 0.15) is 0 Å². The Morgan fingerprint density at radius 3 is 2.78 bits per heavy atom. The van der Waals surface area contributed by atoms with Gasteiger partial charge in [0.05, 0.1) is 12.7 Å². The molecule has 0 aromatic rings. The van der Waals surface area contributed by atoms with E-state index in [1.165, 1.54) is 0 Å². The van der Waals surface area contributed by atoms with Gasteiger partial charge in [-0.3, -0.25) is 0 Å². The van der Waals surface area contributed by atoms with Crippen LogP contribution in [0, 0.1) is 0 Å². The van der Waals surface area contributed by atoms with Gasteiger partial charge in [-0.15, -0.1) is 13.1 Å². The molecule has 0 aromatic heterocycles. The van der Waals surface area contributed by atoms with Crippen LogP contribution in [-0.2, 0) is 4.74 Å². The average molecular weight is 139 g/mol. The van der Waals surface area contributed by atoms with Gasteiger partial charge >= 0.3 is 29.6 Å². The number of aliphatic hydroxyl groups is 1. The van der Waals surface area contributed by atoms with Crippen molar-refractivity contribution in [2.75, 3.05) is 26.3 Å². The van der Waals surface area contributed by atoms with Crippen LogP contribution in [-0.4, -0.2) is 37.5 Å². The Labute approximate surface area is 77.1 Å². The Bertz CT molecular complexity index is 66.0. The zero-order chi connectivity index (χ0) is 5.82. The van der Waals surface area contributed by atoms with Gasteiger partial charge in [0.2, 0.25) is 0 Å². The molecule has 1 aliphatic rings. The molecule has 4 heteroatoms. The molecular formula is C5H10NNaO2. The SMILES string of the molecule is OCC1C[N-]CCO1.[Na+]. The van der Waals surface area contributed by atoms with Crippen molar-refractivity contribution in [2.24, 2.45) is 0 Å². The van der Waals surface area contributed by atoms with Crippen LogP contribution in [0.3, 0.4) is 0 Å². The second-order valence-electron chi connectivity index (χ2n) is 1.81. The predicted molar refractivity (Wildman–Crippen MR) is 29.9 cm³/mol. The summed E-state index contributed by atoms with van der Waals surface area (Å²) < 4.78 is 5.08. The number of nitrogens with zero attached hydrogens (tertiary/aromatic N) is 1. The summed E-state index contributed by atoms with van der Waals surface area (Å²) in [6.45, 7) is 2.22. The summed E-state index contributed by atoms with van der Waals surface area (Å²) in [5.41, 5.74) is 0. The fourth-order valence-corrected chi connectivity index (χ4v) is 0.682. The summed E-state index contributed by atoms with van der Waals surface area (Å²) in [6, 6.07) is 0. The van der Waals surface area contributed by atoms with E-state index in [9.17, 15) is 0 Å². The maximum Gasteiger partial charge on any atom is 1.00 e. The fraction of sp³-hybridized carbons (Fsp3) is 1.00. The molecular weight excluding hydrogens is 129 g/mol. The zero-order valence-electron chi connectivity index (χ0n) is 5.71. The normalized spacial score (nSPS) is 27.0. The third-order valence-corrected chi connectivity index (χ3v) is 1.14. The zero-order valence-corrected chi connectivity index (χ0v) is 7.71. The number of morpholine rings is 1. The van der Waals surface area contributed by atoms with Gasteiger partial charge in [-0.25, -0.2) is 0 Å². The molecule has 0 saturated carbocycles. The van der Waals surface area contributed by atoms with Crippen molar-refractivity contribution in [3.8, 4) is 0 Å². The van der Waals surface area contributed by atoms with Gasteiger partial charge in [-0.05, 0) is 0 Å². The monoisotopic (exact) mass is 139 g/mol. The van der Waals surface area contributed by atoms with Crippen LogP contribution in [0.5, 0.6) is 0 Å². The minimum atomic E-state index is -0.0243. The third-order valence-electron chi connectivity index (χ3n) is 1.14. The quantitative estimate of drug-likeness (QED) is 0.388. The van der Waals surface area contributed by atoms with E-state index in [1.54, 1.807) is 0 Å². The average Bonchev–Trinajstić information content (AvgIpc) is 1.90. The molecule has 48 valence electrons. The second kappa shape index (κ2) is 5.65. The van der Waals surface area contributed by atoms with Crippen LogP contribution in [0.4, 0.5) is 0 Å². The topological polar surface area (TPSA) is 43.6 Å². The maximum absolute atomic E-state index is 8.51. The Balaban J connectivity index is 0.000000640. The number of rotatable bonds is 1. The molecule has 0 radical (unpaired) electrons. The Kier molecular flexibility index (Phi) is 6.20. The minimum Gasteiger partial charge on any atom is -0.658 e. The van der Waals surface area contributed by atoms with Gasteiger partial charge in [-0.1, -0.05) is 0 Å². The summed E-state index contributed by atoms with van der Waals surface area (Å²) in [5.74, 6) is 0. The van der Waals surface area contributed by atoms with Crippen LogP contribution < -0.4 is 29.6 Å². The van der Waals surface area contributed by atoms with E-state index < -0.39 is 0 Å². The van der Waals surface area contributed by atoms with Crippen molar-refractivity contribution in [3.63, 3.8) is 0 Å². The van der Waals surface area contributed by atoms with Gasteiger partial charge in [0, 0.05) is 6.61 Å². The van der Waals surface area contributed by atoms with Gasteiger partial charge < -0.3 is 15.2 Å². The van der Waals surface area contributed by atoms with Crippen molar-refractivity contribution in [1.82, 2.24) is 0 Å². The standard InChI is InChI=1S/C5H10NO2.Na/c7-4-5-3-6-1-2-8-5;/h5,7H,1-4H2;/q-1;+1. The first-order valence-electron chi connectivity index (χ1n) is 2.79. The molecule has 0 amide bonds. The molecule has 0 bridgehead atoms. The molecule has 1 aliphatic heterocycles. The van der Waals surface area contributed by atoms with Crippen molar-refractivity contribution >= 4 is 0 Å². The van der Waals surface area contributed by atoms with E-state index in [2.05, 4.69) is 5.32 Å². The van der Waals surface area contributed by atoms with Crippen molar-refractivity contribution in [3.05, 3.63) is 5.32 Å². The molecule has 1 atom stereocenters. The molecule has 0 spiro atoms. The molecule has 1 fully saturated rings. The summed E-state index contributed by atoms with van der Waals surface area (Å²) >= 11 is 0. The van der Waals surface area contributed by atoms with Crippen molar-refractivity contribution < 1.29 is 39.4 Å². The van der Waals surface area contributed by atoms with E-state index in [-0.39, 0.29) is 42.3 Å². The number of hydrogen-bond donors (Lipinski definition) is 1. The smallest absolute Gasteiger partial charge is 0.658 e. The number of ether oxygens (including phenoxy) is 1. The first-order valence-corrected chi connectivity index (χ1v) is 2.79. The van der Waals surface area contributed by atoms with Gasteiger partial charge in [0.25, 0.3) is 0 Å². The van der Waals surface area contributed by atoms with E-state index in [1.807, 2.05) is 0 Å². The summed E-state index contributed by atoms with van der Waals surface area (Å²) in [6.07, 6.45) is -0.0243. The summed E-state index contributed by atoms with van der Waals surface area (Å²) in [7, 11) is 0. The van der Waals surface area contributed by atoms with Crippen LogP contribution >= 0.6 is 0 Å². The maximum atomic E-state index is 8.51. The minimum absolute atomic E-state index is 0. The molecule has 1 N–H and O–H groups in total. The van der Waals surface area contributed by atoms with E-state index in [4.69, 9.17) is 9.84 Å². The van der Waals surface area contributed by atoms with Crippen LogP contribution in [0.15, 0.2) is 0 Å². The van der Waals surface area contributed by atoms with E-state index in [0.717, 1.165) is 6.54 Å². The molecule has 3 nitrogen and oxygen atoms in total. The molecule has 1 saturated heterocycles. The van der Waals surface area contributed by atoms with Crippen molar-refractivity contribution in [1.29, 1.82) is 0 Å². The Morgan fingerprint density at radius 1 is 1.67 bits per heavy atom. The van der Waals surface area contributed by atoms with E-state index >= 15 is 0 Å².